The number of nitrogens with zero attached hydrogens (tertiary/aromatic N) is 1. The molecule has 254 valence electrons. The Morgan fingerprint density at radius 1 is 0.296 bits per heavy atom. The molecule has 0 aliphatic heterocycles. The van der Waals surface area contributed by atoms with Gasteiger partial charge in [0, 0.05) is 16.8 Å². The zero-order chi connectivity index (χ0) is 35.8. The van der Waals surface area contributed by atoms with Gasteiger partial charge in [0.1, 0.15) is 11.2 Å². The van der Waals surface area contributed by atoms with Crippen LogP contribution in [0.15, 0.2) is 217 Å². The molecule has 0 bridgehead atoms. The van der Waals surface area contributed by atoms with Crippen molar-refractivity contribution in [3.05, 3.63) is 212 Å². The van der Waals surface area contributed by atoms with Crippen LogP contribution in [0.5, 0.6) is 0 Å². The van der Waals surface area contributed by atoms with Gasteiger partial charge in [-0.3, -0.25) is 0 Å². The Hall–Kier alpha value is -7.16. The first-order valence-corrected chi connectivity index (χ1v) is 18.4. The summed E-state index contributed by atoms with van der Waals surface area (Å²) in [7, 11) is 0. The summed E-state index contributed by atoms with van der Waals surface area (Å²) in [4.78, 5) is 2.35. The number of benzene rings is 9. The Labute approximate surface area is 314 Å². The van der Waals surface area contributed by atoms with Crippen LogP contribution < -0.4 is 4.90 Å². The molecule has 10 rings (SSSR count). The quantitative estimate of drug-likeness (QED) is 0.166. The third-order valence-corrected chi connectivity index (χ3v) is 10.5. The van der Waals surface area contributed by atoms with E-state index in [4.69, 9.17) is 4.42 Å². The lowest BCUT2D eigenvalue weighted by Gasteiger charge is -2.26. The standard InChI is InChI=1S/C52H35NO/c1-2-10-36(11-3-1)38-20-22-39(23-21-38)40-26-30-46(31-27-40)53(49-17-9-19-51-52(49)48-16-6-7-18-50(48)54-51)47-32-28-41(29-33-47)43-14-8-15-44(34-43)45-25-24-37-12-4-5-13-42(37)35-45/h1-35H. The highest BCUT2D eigenvalue weighted by molar-refractivity contribution is 6.13. The maximum atomic E-state index is 6.36. The van der Waals surface area contributed by atoms with E-state index in [1.54, 1.807) is 0 Å². The average molecular weight is 690 g/mol. The van der Waals surface area contributed by atoms with Crippen molar-refractivity contribution in [1.29, 1.82) is 0 Å². The second-order valence-corrected chi connectivity index (χ2v) is 13.8. The summed E-state index contributed by atoms with van der Waals surface area (Å²) in [5.74, 6) is 0. The predicted molar refractivity (Wildman–Crippen MR) is 228 cm³/mol. The third-order valence-electron chi connectivity index (χ3n) is 10.5. The molecule has 0 radical (unpaired) electrons. The van der Waals surface area contributed by atoms with Gasteiger partial charge in [-0.05, 0) is 110 Å². The fourth-order valence-corrected chi connectivity index (χ4v) is 7.71. The van der Waals surface area contributed by atoms with Gasteiger partial charge in [-0.1, -0.05) is 158 Å². The SMILES string of the molecule is c1ccc(-c2ccc(-c3ccc(N(c4ccc(-c5cccc(-c6ccc7ccccc7c6)c5)cc4)c4cccc5oc6ccccc6c45)cc3)cc2)cc1. The van der Waals surface area contributed by atoms with Crippen molar-refractivity contribution in [2.24, 2.45) is 0 Å². The highest BCUT2D eigenvalue weighted by Gasteiger charge is 2.19. The smallest absolute Gasteiger partial charge is 0.137 e. The lowest BCUT2D eigenvalue weighted by atomic mass is 9.97. The molecule has 0 aliphatic rings. The van der Waals surface area contributed by atoms with Gasteiger partial charge in [-0.15, -0.1) is 0 Å². The van der Waals surface area contributed by atoms with Crippen LogP contribution in [0.25, 0.3) is 77.2 Å². The summed E-state index contributed by atoms with van der Waals surface area (Å²) in [5.41, 5.74) is 14.5. The fourth-order valence-electron chi connectivity index (χ4n) is 7.71. The van der Waals surface area contributed by atoms with E-state index in [1.807, 2.05) is 12.1 Å². The van der Waals surface area contributed by atoms with Crippen molar-refractivity contribution in [3.63, 3.8) is 0 Å². The third kappa shape index (κ3) is 5.81. The average Bonchev–Trinajstić information content (AvgIpc) is 3.64. The van der Waals surface area contributed by atoms with Crippen LogP contribution in [-0.2, 0) is 0 Å². The number of para-hydroxylation sites is 1. The van der Waals surface area contributed by atoms with Crippen molar-refractivity contribution in [2.75, 3.05) is 4.90 Å². The zero-order valence-corrected chi connectivity index (χ0v) is 29.6. The predicted octanol–water partition coefficient (Wildman–Crippen LogP) is 14.9. The summed E-state index contributed by atoms with van der Waals surface area (Å²) in [5, 5.41) is 4.70. The first-order chi connectivity index (χ1) is 26.7. The molecule has 0 fully saturated rings. The molecular formula is C52H35NO. The Balaban J connectivity index is 1.03. The lowest BCUT2D eigenvalue weighted by molar-refractivity contribution is 0.669. The van der Waals surface area contributed by atoms with E-state index in [0.29, 0.717) is 0 Å². The molecule has 0 amide bonds. The monoisotopic (exact) mass is 689 g/mol. The minimum atomic E-state index is 0.871. The second kappa shape index (κ2) is 13.4. The molecule has 0 N–H and O–H groups in total. The topological polar surface area (TPSA) is 16.4 Å². The molecule has 10 aromatic rings. The van der Waals surface area contributed by atoms with E-state index in [0.717, 1.165) is 39.0 Å². The first-order valence-electron chi connectivity index (χ1n) is 18.4. The van der Waals surface area contributed by atoms with Gasteiger partial charge >= 0.3 is 0 Å². The molecule has 0 saturated heterocycles. The maximum absolute atomic E-state index is 6.36. The second-order valence-electron chi connectivity index (χ2n) is 13.8. The molecule has 0 spiro atoms. The maximum Gasteiger partial charge on any atom is 0.137 e. The van der Waals surface area contributed by atoms with Gasteiger partial charge in [0.05, 0.1) is 11.1 Å². The fraction of sp³-hybridized carbons (Fsp3) is 0. The number of anilines is 3. The van der Waals surface area contributed by atoms with Crippen molar-refractivity contribution in [3.8, 4) is 44.5 Å². The number of furan rings is 1. The molecule has 54 heavy (non-hydrogen) atoms. The number of rotatable bonds is 7. The Morgan fingerprint density at radius 2 is 0.759 bits per heavy atom. The van der Waals surface area contributed by atoms with Crippen molar-refractivity contribution in [1.82, 2.24) is 0 Å². The summed E-state index contributed by atoms with van der Waals surface area (Å²) in [6, 6.07) is 75.9. The number of hydrogen-bond donors (Lipinski definition) is 0. The molecule has 1 aromatic heterocycles. The normalized spacial score (nSPS) is 11.3. The Kier molecular flexibility index (Phi) is 7.85. The molecule has 0 atom stereocenters. The summed E-state index contributed by atoms with van der Waals surface area (Å²) < 4.78 is 6.36. The van der Waals surface area contributed by atoms with Gasteiger partial charge in [0.15, 0.2) is 0 Å². The van der Waals surface area contributed by atoms with Crippen molar-refractivity contribution < 1.29 is 4.42 Å². The van der Waals surface area contributed by atoms with Crippen LogP contribution in [0.2, 0.25) is 0 Å². The molecule has 0 saturated carbocycles. The van der Waals surface area contributed by atoms with Crippen molar-refractivity contribution >= 4 is 49.8 Å². The molecule has 2 heteroatoms. The number of hydrogen-bond acceptors (Lipinski definition) is 2. The van der Waals surface area contributed by atoms with Crippen molar-refractivity contribution in [2.45, 2.75) is 0 Å². The Bertz CT molecular complexity index is 2900. The van der Waals surface area contributed by atoms with E-state index in [9.17, 15) is 0 Å². The van der Waals surface area contributed by atoms with Crippen LogP contribution in [-0.4, -0.2) is 0 Å². The van der Waals surface area contributed by atoms with Crippen LogP contribution in [0.3, 0.4) is 0 Å². The van der Waals surface area contributed by atoms with Gasteiger partial charge in [-0.2, -0.15) is 0 Å². The molecular weight excluding hydrogens is 655 g/mol. The van der Waals surface area contributed by atoms with Crippen LogP contribution in [0.1, 0.15) is 0 Å². The Morgan fingerprint density at radius 3 is 1.46 bits per heavy atom. The van der Waals surface area contributed by atoms with E-state index >= 15 is 0 Å². The zero-order valence-electron chi connectivity index (χ0n) is 29.6. The van der Waals surface area contributed by atoms with Crippen LogP contribution in [0.4, 0.5) is 17.1 Å². The summed E-state index contributed by atoms with van der Waals surface area (Å²) in [6.07, 6.45) is 0. The van der Waals surface area contributed by atoms with Crippen LogP contribution in [0, 0.1) is 0 Å². The molecule has 2 nitrogen and oxygen atoms in total. The first kappa shape index (κ1) is 31.6. The summed E-state index contributed by atoms with van der Waals surface area (Å²) >= 11 is 0. The van der Waals surface area contributed by atoms with E-state index in [-0.39, 0.29) is 0 Å². The molecule has 9 aromatic carbocycles. The van der Waals surface area contributed by atoms with Crippen LogP contribution >= 0.6 is 0 Å². The van der Waals surface area contributed by atoms with Gasteiger partial charge in [0.2, 0.25) is 0 Å². The summed E-state index contributed by atoms with van der Waals surface area (Å²) in [6.45, 7) is 0. The highest BCUT2D eigenvalue weighted by atomic mass is 16.3. The molecule has 0 unspecified atom stereocenters. The van der Waals surface area contributed by atoms with E-state index < -0.39 is 0 Å². The van der Waals surface area contributed by atoms with Gasteiger partial charge in [0.25, 0.3) is 0 Å². The molecule has 0 aliphatic carbocycles. The minimum Gasteiger partial charge on any atom is -0.456 e. The largest absolute Gasteiger partial charge is 0.456 e. The van der Waals surface area contributed by atoms with Gasteiger partial charge in [-0.25, -0.2) is 0 Å². The lowest BCUT2D eigenvalue weighted by Crippen LogP contribution is -2.10. The van der Waals surface area contributed by atoms with E-state index in [1.165, 1.54) is 55.3 Å². The van der Waals surface area contributed by atoms with E-state index in [2.05, 4.69) is 205 Å². The highest BCUT2D eigenvalue weighted by Crippen LogP contribution is 2.43. The van der Waals surface area contributed by atoms with Gasteiger partial charge < -0.3 is 9.32 Å². The number of fused-ring (bicyclic) bond motifs is 4. The minimum absolute atomic E-state index is 0.871. The molecule has 1 heterocycles.